The van der Waals surface area contributed by atoms with Crippen LogP contribution in [0.2, 0.25) is 5.02 Å². The van der Waals surface area contributed by atoms with Crippen LogP contribution in [0.4, 0.5) is 5.69 Å². The fourth-order valence-electron chi connectivity index (χ4n) is 3.74. The Balaban J connectivity index is 1.46. The van der Waals surface area contributed by atoms with E-state index in [4.69, 9.17) is 25.8 Å². The number of hydrogen-bond acceptors (Lipinski definition) is 6. The van der Waals surface area contributed by atoms with Gasteiger partial charge in [-0.3, -0.25) is 9.10 Å². The molecule has 10 heteroatoms. The lowest BCUT2D eigenvalue weighted by molar-refractivity contribution is -0.127. The van der Waals surface area contributed by atoms with E-state index in [1.54, 1.807) is 24.3 Å². The normalized spacial score (nSPS) is 15.0. The van der Waals surface area contributed by atoms with Gasteiger partial charge in [0.25, 0.3) is 15.9 Å². The zero-order valence-electron chi connectivity index (χ0n) is 19.9. The molecule has 0 aliphatic carbocycles. The molecule has 1 atom stereocenters. The summed E-state index contributed by atoms with van der Waals surface area (Å²) in [5, 5.41) is 3.11. The van der Waals surface area contributed by atoms with Crippen LogP contribution in [0.25, 0.3) is 0 Å². The third kappa shape index (κ3) is 5.68. The highest BCUT2D eigenvalue weighted by Gasteiger charge is 2.37. The maximum atomic E-state index is 13.5. The Morgan fingerprint density at radius 3 is 2.44 bits per heavy atom. The summed E-state index contributed by atoms with van der Waals surface area (Å²) in [7, 11) is -2.52. The lowest BCUT2D eigenvalue weighted by Crippen LogP contribution is -2.51. The Labute approximate surface area is 215 Å². The van der Waals surface area contributed by atoms with Crippen LogP contribution in [0.5, 0.6) is 17.2 Å². The number of amides is 1. The van der Waals surface area contributed by atoms with E-state index in [1.807, 2.05) is 24.3 Å². The molecule has 0 radical (unpaired) electrons. The first-order chi connectivity index (χ1) is 17.3. The first-order valence-corrected chi connectivity index (χ1v) is 13.3. The highest BCUT2D eigenvalue weighted by atomic mass is 35.5. The molecule has 36 heavy (non-hydrogen) atoms. The average molecular weight is 531 g/mol. The number of rotatable bonds is 9. The average Bonchev–Trinajstić information content (AvgIpc) is 2.90. The maximum absolute atomic E-state index is 13.5. The summed E-state index contributed by atoms with van der Waals surface area (Å²) in [5.41, 5.74) is 1.47. The summed E-state index contributed by atoms with van der Waals surface area (Å²) in [5.74, 6) is 1.03. The third-order valence-corrected chi connectivity index (χ3v) is 7.76. The zero-order valence-corrected chi connectivity index (χ0v) is 21.5. The third-order valence-electron chi connectivity index (χ3n) is 5.73. The van der Waals surface area contributed by atoms with Gasteiger partial charge in [0, 0.05) is 5.02 Å². The number of carbonyl (C=O) groups is 1. The van der Waals surface area contributed by atoms with Crippen LogP contribution in [0.15, 0.2) is 71.6 Å². The van der Waals surface area contributed by atoms with E-state index in [1.165, 1.54) is 30.9 Å². The van der Waals surface area contributed by atoms with Gasteiger partial charge >= 0.3 is 0 Å². The largest absolute Gasteiger partial charge is 0.497 e. The summed E-state index contributed by atoms with van der Waals surface area (Å²) in [4.78, 5) is 13.0. The molecule has 1 aliphatic rings. The Hall–Kier alpha value is -3.43. The number of nitrogens with one attached hydrogen (secondary N) is 1. The monoisotopic (exact) mass is 530 g/mol. The molecular weight excluding hydrogens is 504 g/mol. The molecule has 0 bridgehead atoms. The van der Waals surface area contributed by atoms with Gasteiger partial charge < -0.3 is 19.5 Å². The van der Waals surface area contributed by atoms with Gasteiger partial charge in [-0.2, -0.15) is 0 Å². The molecule has 0 spiro atoms. The molecule has 0 saturated heterocycles. The number of hydrogen-bond donors (Lipinski definition) is 1. The summed E-state index contributed by atoms with van der Waals surface area (Å²) in [6.45, 7) is 2.35. The van der Waals surface area contributed by atoms with Crippen molar-refractivity contribution in [2.45, 2.75) is 24.3 Å². The molecule has 1 N–H and O–H groups in total. The molecule has 3 aromatic rings. The number of aryl methyl sites for hydroxylation is 1. The standard InChI is InChI=1S/C26H27ClN2O6S/c1-3-18-4-7-21(8-5-18)34-15-14-28-26(30)25-17-29(23-16-19(27)6-13-24(23)35-25)36(31,32)22-11-9-20(33-2)10-12-22/h4-13,16,25H,3,14-15,17H2,1-2H3,(H,28,30)/t25-/m0/s1. The Kier molecular flexibility index (Phi) is 7.91. The lowest BCUT2D eigenvalue weighted by Gasteiger charge is -2.34. The van der Waals surface area contributed by atoms with Crippen molar-refractivity contribution in [3.8, 4) is 17.2 Å². The number of carbonyl (C=O) groups excluding carboxylic acids is 1. The molecule has 0 unspecified atom stereocenters. The van der Waals surface area contributed by atoms with E-state index in [-0.39, 0.29) is 36.0 Å². The van der Waals surface area contributed by atoms with Gasteiger partial charge in [0.15, 0.2) is 6.10 Å². The van der Waals surface area contributed by atoms with Crippen LogP contribution in [0.3, 0.4) is 0 Å². The smallest absolute Gasteiger partial charge is 0.264 e. The lowest BCUT2D eigenvalue weighted by atomic mass is 10.2. The molecule has 8 nitrogen and oxygen atoms in total. The Morgan fingerprint density at radius 1 is 1.08 bits per heavy atom. The molecule has 3 aromatic carbocycles. The van der Waals surface area contributed by atoms with Crippen LogP contribution in [0, 0.1) is 0 Å². The molecule has 1 heterocycles. The number of fused-ring (bicyclic) bond motifs is 1. The second-order valence-electron chi connectivity index (χ2n) is 8.07. The Bertz CT molecular complexity index is 1310. The number of sulfonamides is 1. The van der Waals surface area contributed by atoms with Crippen molar-refractivity contribution in [2.75, 3.05) is 31.1 Å². The van der Waals surface area contributed by atoms with Crippen LogP contribution in [-0.4, -0.2) is 47.2 Å². The van der Waals surface area contributed by atoms with Crippen LogP contribution in [0.1, 0.15) is 12.5 Å². The van der Waals surface area contributed by atoms with Crippen LogP contribution in [-0.2, 0) is 21.2 Å². The van der Waals surface area contributed by atoms with E-state index in [0.717, 1.165) is 10.7 Å². The predicted molar refractivity (Wildman–Crippen MR) is 138 cm³/mol. The van der Waals surface area contributed by atoms with Crippen molar-refractivity contribution in [1.82, 2.24) is 5.32 Å². The first-order valence-electron chi connectivity index (χ1n) is 11.4. The maximum Gasteiger partial charge on any atom is 0.264 e. The van der Waals surface area contributed by atoms with Gasteiger partial charge in [-0.15, -0.1) is 0 Å². The number of benzene rings is 3. The minimum atomic E-state index is -4.02. The first kappa shape index (κ1) is 25.7. The van der Waals surface area contributed by atoms with Crippen molar-refractivity contribution >= 4 is 33.2 Å². The molecule has 1 aliphatic heterocycles. The quantitative estimate of drug-likeness (QED) is 0.419. The minimum Gasteiger partial charge on any atom is -0.497 e. The summed E-state index contributed by atoms with van der Waals surface area (Å²) >= 11 is 6.14. The van der Waals surface area contributed by atoms with E-state index < -0.39 is 22.0 Å². The molecule has 0 saturated carbocycles. The van der Waals surface area contributed by atoms with E-state index in [9.17, 15) is 13.2 Å². The van der Waals surface area contributed by atoms with Crippen molar-refractivity contribution in [2.24, 2.45) is 0 Å². The molecule has 0 aromatic heterocycles. The van der Waals surface area contributed by atoms with Gasteiger partial charge in [-0.1, -0.05) is 30.7 Å². The number of methoxy groups -OCH3 is 1. The fourth-order valence-corrected chi connectivity index (χ4v) is 5.38. The van der Waals surface area contributed by atoms with E-state index >= 15 is 0 Å². The van der Waals surface area contributed by atoms with Gasteiger partial charge in [0.1, 0.15) is 23.9 Å². The summed E-state index contributed by atoms with van der Waals surface area (Å²) in [6.07, 6.45) is -0.117. The van der Waals surface area contributed by atoms with Crippen LogP contribution >= 0.6 is 11.6 Å². The number of nitrogens with zero attached hydrogens (tertiary/aromatic N) is 1. The SMILES string of the molecule is CCc1ccc(OCCNC(=O)[C@@H]2CN(S(=O)(=O)c3ccc(OC)cc3)c3cc(Cl)ccc3O2)cc1. The molecular formula is C26H27ClN2O6S. The number of halogens is 1. The topological polar surface area (TPSA) is 94.2 Å². The van der Waals surface area contributed by atoms with Crippen molar-refractivity contribution in [1.29, 1.82) is 0 Å². The van der Waals surface area contributed by atoms with Gasteiger partial charge in [-0.25, -0.2) is 8.42 Å². The van der Waals surface area contributed by atoms with Gasteiger partial charge in [0.2, 0.25) is 0 Å². The summed E-state index contributed by atoms with van der Waals surface area (Å²) in [6, 6.07) is 18.4. The van der Waals surface area contributed by atoms with Crippen molar-refractivity contribution in [3.63, 3.8) is 0 Å². The summed E-state index contributed by atoms with van der Waals surface area (Å²) < 4.78 is 44.9. The molecule has 4 rings (SSSR count). The van der Waals surface area contributed by atoms with Crippen LogP contribution < -0.4 is 23.8 Å². The van der Waals surface area contributed by atoms with Gasteiger partial charge in [0.05, 0.1) is 30.8 Å². The fraction of sp³-hybridized carbons (Fsp3) is 0.269. The Morgan fingerprint density at radius 2 is 1.78 bits per heavy atom. The predicted octanol–water partition coefficient (Wildman–Crippen LogP) is 4.06. The van der Waals surface area contributed by atoms with E-state index in [0.29, 0.717) is 16.5 Å². The molecule has 190 valence electrons. The second kappa shape index (κ2) is 11.1. The number of anilines is 1. The minimum absolute atomic E-state index is 0.0535. The highest BCUT2D eigenvalue weighted by Crippen LogP contribution is 2.39. The van der Waals surface area contributed by atoms with Crippen molar-refractivity contribution in [3.05, 3.63) is 77.3 Å². The van der Waals surface area contributed by atoms with Crippen molar-refractivity contribution < 1.29 is 27.4 Å². The highest BCUT2D eigenvalue weighted by molar-refractivity contribution is 7.92. The van der Waals surface area contributed by atoms with E-state index in [2.05, 4.69) is 12.2 Å². The molecule has 1 amide bonds. The number of ether oxygens (including phenoxy) is 3. The second-order valence-corrected chi connectivity index (χ2v) is 10.4. The van der Waals surface area contributed by atoms with Gasteiger partial charge in [-0.05, 0) is 66.6 Å². The zero-order chi connectivity index (χ0) is 25.7. The molecule has 0 fully saturated rings.